The average molecular weight is 377 g/mol. The van der Waals surface area contributed by atoms with Crippen molar-refractivity contribution < 1.29 is 14.7 Å². The lowest BCUT2D eigenvalue weighted by Gasteiger charge is -2.27. The first-order chi connectivity index (χ1) is 13.5. The van der Waals surface area contributed by atoms with Crippen LogP contribution in [0.3, 0.4) is 0 Å². The maximum atomic E-state index is 12.7. The molecule has 1 amide bonds. The molecule has 1 aliphatic carbocycles. The van der Waals surface area contributed by atoms with Gasteiger partial charge in [-0.05, 0) is 44.0 Å². The lowest BCUT2D eigenvalue weighted by Crippen LogP contribution is -2.36. The maximum Gasteiger partial charge on any atom is 0.307 e. The van der Waals surface area contributed by atoms with Gasteiger partial charge >= 0.3 is 5.97 Å². The number of carbonyl (C=O) groups is 2. The molecular formula is C22H23N3O3. The van der Waals surface area contributed by atoms with Crippen LogP contribution in [0.25, 0.3) is 16.9 Å². The van der Waals surface area contributed by atoms with E-state index in [1.165, 1.54) is 0 Å². The second kappa shape index (κ2) is 7.46. The molecule has 144 valence electrons. The number of carboxylic acid groups (broad SMARTS) is 1. The summed E-state index contributed by atoms with van der Waals surface area (Å²) in [6.07, 6.45) is 4.92. The molecule has 0 bridgehead atoms. The predicted octanol–water partition coefficient (Wildman–Crippen LogP) is 4.14. The van der Waals surface area contributed by atoms with Crippen molar-refractivity contribution in [2.75, 3.05) is 5.32 Å². The van der Waals surface area contributed by atoms with Crippen LogP contribution in [0.15, 0.2) is 48.7 Å². The normalized spacial score (nSPS) is 19.5. The van der Waals surface area contributed by atoms with E-state index in [4.69, 9.17) is 0 Å². The third-order valence-electron chi connectivity index (χ3n) is 5.54. The van der Waals surface area contributed by atoms with Crippen LogP contribution in [-0.2, 0) is 9.59 Å². The Morgan fingerprint density at radius 3 is 2.61 bits per heavy atom. The van der Waals surface area contributed by atoms with Gasteiger partial charge in [0.05, 0.1) is 17.5 Å². The summed E-state index contributed by atoms with van der Waals surface area (Å²) in [5, 5.41) is 12.3. The number of aryl methyl sites for hydroxylation is 1. The second-order valence-electron chi connectivity index (χ2n) is 7.43. The van der Waals surface area contributed by atoms with Crippen LogP contribution in [0.5, 0.6) is 0 Å². The van der Waals surface area contributed by atoms with E-state index < -0.39 is 17.8 Å². The highest BCUT2D eigenvalue weighted by molar-refractivity contribution is 5.95. The van der Waals surface area contributed by atoms with Gasteiger partial charge in [0, 0.05) is 23.1 Å². The van der Waals surface area contributed by atoms with Crippen molar-refractivity contribution in [1.82, 2.24) is 9.38 Å². The number of aromatic nitrogens is 2. The van der Waals surface area contributed by atoms with Gasteiger partial charge in [0.15, 0.2) is 0 Å². The fourth-order valence-corrected chi connectivity index (χ4v) is 4.02. The summed E-state index contributed by atoms with van der Waals surface area (Å²) in [4.78, 5) is 28.9. The minimum atomic E-state index is -0.881. The summed E-state index contributed by atoms with van der Waals surface area (Å²) in [5.41, 5.74) is 4.35. The zero-order chi connectivity index (χ0) is 19.7. The molecule has 1 aliphatic rings. The summed E-state index contributed by atoms with van der Waals surface area (Å²) < 4.78 is 2.03. The van der Waals surface area contributed by atoms with Crippen LogP contribution < -0.4 is 5.32 Å². The Morgan fingerprint density at radius 2 is 1.86 bits per heavy atom. The lowest BCUT2D eigenvalue weighted by atomic mass is 9.78. The zero-order valence-corrected chi connectivity index (χ0v) is 15.8. The van der Waals surface area contributed by atoms with Crippen LogP contribution in [0, 0.1) is 18.8 Å². The van der Waals surface area contributed by atoms with E-state index in [0.29, 0.717) is 18.5 Å². The summed E-state index contributed by atoms with van der Waals surface area (Å²) >= 11 is 0. The second-order valence-corrected chi connectivity index (χ2v) is 7.43. The summed E-state index contributed by atoms with van der Waals surface area (Å²) in [6, 6.07) is 13.5. The molecule has 1 fully saturated rings. The maximum absolute atomic E-state index is 12.7. The van der Waals surface area contributed by atoms with Gasteiger partial charge in [0.2, 0.25) is 5.91 Å². The number of fused-ring (bicyclic) bond motifs is 1. The number of hydrogen-bond donors (Lipinski definition) is 2. The van der Waals surface area contributed by atoms with Gasteiger partial charge in [-0.1, -0.05) is 31.0 Å². The number of carboxylic acids is 1. The number of aliphatic carboxylic acids is 1. The molecule has 28 heavy (non-hydrogen) atoms. The van der Waals surface area contributed by atoms with E-state index >= 15 is 0 Å². The van der Waals surface area contributed by atoms with Crippen molar-refractivity contribution in [2.45, 2.75) is 32.6 Å². The monoisotopic (exact) mass is 377 g/mol. The first-order valence-corrected chi connectivity index (χ1v) is 9.62. The number of anilines is 1. The van der Waals surface area contributed by atoms with E-state index in [0.717, 1.165) is 35.4 Å². The highest BCUT2D eigenvalue weighted by atomic mass is 16.4. The molecule has 0 radical (unpaired) electrons. The largest absolute Gasteiger partial charge is 0.481 e. The summed E-state index contributed by atoms with van der Waals surface area (Å²) in [7, 11) is 0. The molecule has 0 saturated heterocycles. The van der Waals surface area contributed by atoms with Crippen molar-refractivity contribution in [2.24, 2.45) is 11.8 Å². The Kier molecular flexibility index (Phi) is 4.86. The average Bonchev–Trinajstić information content (AvgIpc) is 3.14. The van der Waals surface area contributed by atoms with Crippen LogP contribution in [-0.4, -0.2) is 26.4 Å². The Morgan fingerprint density at radius 1 is 1.11 bits per heavy atom. The fourth-order valence-electron chi connectivity index (χ4n) is 4.02. The molecule has 4 rings (SSSR count). The number of hydrogen-bond acceptors (Lipinski definition) is 3. The molecule has 6 heteroatoms. The van der Waals surface area contributed by atoms with Gasteiger partial charge in [0.25, 0.3) is 0 Å². The van der Waals surface area contributed by atoms with Gasteiger partial charge in [-0.25, -0.2) is 4.98 Å². The summed E-state index contributed by atoms with van der Waals surface area (Å²) in [5.74, 6) is -2.17. The molecule has 3 aromatic rings. The molecule has 0 aliphatic heterocycles. The first kappa shape index (κ1) is 18.2. The van der Waals surface area contributed by atoms with Crippen LogP contribution in [0.4, 0.5) is 5.69 Å². The number of nitrogens with zero attached hydrogens (tertiary/aromatic N) is 2. The number of carbonyl (C=O) groups excluding carboxylic acids is 1. The fraction of sp³-hybridized carbons (Fsp3) is 0.318. The van der Waals surface area contributed by atoms with Crippen molar-refractivity contribution >= 4 is 23.2 Å². The smallest absolute Gasteiger partial charge is 0.307 e. The minimum Gasteiger partial charge on any atom is -0.481 e. The number of amides is 1. The molecule has 0 spiro atoms. The van der Waals surface area contributed by atoms with E-state index in [1.54, 1.807) is 0 Å². The van der Waals surface area contributed by atoms with E-state index in [-0.39, 0.29) is 5.91 Å². The van der Waals surface area contributed by atoms with Crippen molar-refractivity contribution in [3.05, 3.63) is 54.4 Å². The molecule has 1 aromatic carbocycles. The Balaban J connectivity index is 1.57. The van der Waals surface area contributed by atoms with Gasteiger partial charge in [-0.3, -0.25) is 9.59 Å². The zero-order valence-electron chi connectivity index (χ0n) is 15.8. The van der Waals surface area contributed by atoms with Crippen molar-refractivity contribution in [1.29, 1.82) is 0 Å². The van der Waals surface area contributed by atoms with Crippen LogP contribution in [0.2, 0.25) is 0 Å². The highest BCUT2D eigenvalue weighted by Gasteiger charge is 2.35. The van der Waals surface area contributed by atoms with E-state index in [2.05, 4.69) is 10.3 Å². The third kappa shape index (κ3) is 3.50. The Hall–Kier alpha value is -3.15. The highest BCUT2D eigenvalue weighted by Crippen LogP contribution is 2.32. The quantitative estimate of drug-likeness (QED) is 0.716. The number of rotatable bonds is 4. The molecule has 1 saturated carbocycles. The standard InChI is InChI=1S/C22H23N3O3/c1-14-6-4-11-20-24-19(13-25(14)20)15-7-5-8-16(12-15)23-21(26)17-9-2-3-10-18(17)22(27)28/h4-8,11-13,17-18H,2-3,9-10H2,1H3,(H,23,26)(H,27,28)/t17-,18+/m1/s1. The van der Waals surface area contributed by atoms with Gasteiger partial charge in [-0.2, -0.15) is 0 Å². The lowest BCUT2D eigenvalue weighted by molar-refractivity contribution is -0.147. The van der Waals surface area contributed by atoms with Crippen LogP contribution in [0.1, 0.15) is 31.4 Å². The third-order valence-corrected chi connectivity index (χ3v) is 5.54. The van der Waals surface area contributed by atoms with Gasteiger partial charge in [0.1, 0.15) is 5.65 Å². The topological polar surface area (TPSA) is 83.7 Å². The Labute approximate surface area is 163 Å². The van der Waals surface area contributed by atoms with Gasteiger partial charge in [-0.15, -0.1) is 0 Å². The Bertz CT molecular complexity index is 1040. The van der Waals surface area contributed by atoms with Crippen molar-refractivity contribution in [3.8, 4) is 11.3 Å². The molecular weight excluding hydrogens is 354 g/mol. The molecule has 0 unspecified atom stereocenters. The van der Waals surface area contributed by atoms with Crippen LogP contribution >= 0.6 is 0 Å². The predicted molar refractivity (Wildman–Crippen MR) is 107 cm³/mol. The van der Waals surface area contributed by atoms with Crippen molar-refractivity contribution in [3.63, 3.8) is 0 Å². The number of pyridine rings is 1. The molecule has 2 aromatic heterocycles. The number of benzene rings is 1. The minimum absolute atomic E-state index is 0.213. The van der Waals surface area contributed by atoms with E-state index in [9.17, 15) is 14.7 Å². The summed E-state index contributed by atoms with van der Waals surface area (Å²) in [6.45, 7) is 2.03. The first-order valence-electron chi connectivity index (χ1n) is 9.62. The van der Waals surface area contributed by atoms with Gasteiger partial charge < -0.3 is 14.8 Å². The SMILES string of the molecule is Cc1cccc2nc(-c3cccc(NC(=O)[C@@H]4CCCC[C@@H]4C(=O)O)c3)cn12. The van der Waals surface area contributed by atoms with E-state index in [1.807, 2.05) is 60.0 Å². The molecule has 2 atom stereocenters. The number of imidazole rings is 1. The molecule has 6 nitrogen and oxygen atoms in total. The molecule has 2 heterocycles. The molecule has 2 N–H and O–H groups in total. The number of nitrogens with one attached hydrogen (secondary N) is 1.